The zero-order chi connectivity index (χ0) is 15.5. The van der Waals surface area contributed by atoms with Crippen LogP contribution in [0.2, 0.25) is 0 Å². The lowest BCUT2D eigenvalue weighted by Gasteiger charge is -2.28. The van der Waals surface area contributed by atoms with Crippen LogP contribution < -0.4 is 0 Å². The Bertz CT molecular complexity index is 540. The fourth-order valence-electron chi connectivity index (χ4n) is 2.31. The second kappa shape index (κ2) is 6.93. The molecule has 1 heterocycles. The minimum Gasteiger partial charge on any atom is -0.464 e. The summed E-state index contributed by atoms with van der Waals surface area (Å²) in [5, 5.41) is 0. The normalized spacial score (nSPS) is 14.2. The Kier molecular flexibility index (Phi) is 6.06. The zero-order valence-corrected chi connectivity index (χ0v) is 14.3. The van der Waals surface area contributed by atoms with Crippen LogP contribution in [0.4, 0.5) is 0 Å². The van der Waals surface area contributed by atoms with E-state index in [9.17, 15) is 8.42 Å². The lowest BCUT2D eigenvalue weighted by molar-refractivity contribution is 0.271. The van der Waals surface area contributed by atoms with Gasteiger partial charge < -0.3 is 9.32 Å². The van der Waals surface area contributed by atoms with Gasteiger partial charge in [0, 0.05) is 25.2 Å². The first-order chi connectivity index (χ1) is 9.23. The third-order valence-electron chi connectivity index (χ3n) is 3.07. The average Bonchev–Trinajstić information content (AvgIpc) is 2.70. The first-order valence-corrected chi connectivity index (χ1v) is 8.53. The lowest BCUT2D eigenvalue weighted by atomic mass is 10.3. The van der Waals surface area contributed by atoms with Crippen LogP contribution in [0.5, 0.6) is 0 Å². The molecule has 0 aromatic carbocycles. The van der Waals surface area contributed by atoms with Crippen LogP contribution in [0.3, 0.4) is 0 Å². The molecule has 0 saturated heterocycles. The van der Waals surface area contributed by atoms with Crippen molar-refractivity contribution in [1.29, 1.82) is 0 Å². The molecule has 1 atom stereocenters. The minimum absolute atomic E-state index is 0.117. The summed E-state index contributed by atoms with van der Waals surface area (Å²) in [4.78, 5) is 2.18. The third-order valence-corrected chi connectivity index (χ3v) is 5.53. The van der Waals surface area contributed by atoms with Gasteiger partial charge in [-0.05, 0) is 27.9 Å². The van der Waals surface area contributed by atoms with Crippen LogP contribution in [-0.4, -0.2) is 50.8 Å². The maximum Gasteiger partial charge on any atom is 0.246 e. The van der Waals surface area contributed by atoms with Crippen molar-refractivity contribution in [2.75, 3.05) is 27.2 Å². The Morgan fingerprint density at radius 1 is 1.40 bits per heavy atom. The highest BCUT2D eigenvalue weighted by atomic mass is 35.5. The standard InChI is InChI=1S/C13H23ClN2O3S/c1-6-16(10(2)9-15(4)5)20(17,18)13-7-12(8-14)19-11(13)3/h7,10H,6,8-9H2,1-5H3. The highest BCUT2D eigenvalue weighted by Gasteiger charge is 2.31. The van der Waals surface area contributed by atoms with Gasteiger partial charge in [0.1, 0.15) is 16.4 Å². The van der Waals surface area contributed by atoms with Crippen LogP contribution in [0.1, 0.15) is 25.4 Å². The summed E-state index contributed by atoms with van der Waals surface area (Å²) < 4.78 is 32.3. The van der Waals surface area contributed by atoms with Crippen molar-refractivity contribution < 1.29 is 12.8 Å². The summed E-state index contributed by atoms with van der Waals surface area (Å²) in [6, 6.07) is 1.40. The van der Waals surface area contributed by atoms with Crippen molar-refractivity contribution in [2.45, 2.75) is 37.6 Å². The van der Waals surface area contributed by atoms with Crippen LogP contribution in [-0.2, 0) is 15.9 Å². The van der Waals surface area contributed by atoms with Crippen LogP contribution in [0, 0.1) is 6.92 Å². The molecule has 0 bridgehead atoms. The Balaban J connectivity index is 3.14. The van der Waals surface area contributed by atoms with Gasteiger partial charge in [-0.3, -0.25) is 0 Å². The van der Waals surface area contributed by atoms with Gasteiger partial charge in [0.15, 0.2) is 0 Å². The predicted octanol–water partition coefficient (Wildman–Crippen LogP) is 2.29. The number of hydrogen-bond acceptors (Lipinski definition) is 4. The molecular formula is C13H23ClN2O3S. The second-order valence-electron chi connectivity index (χ2n) is 5.09. The Labute approximate surface area is 126 Å². The Morgan fingerprint density at radius 2 is 2.00 bits per heavy atom. The van der Waals surface area contributed by atoms with E-state index in [4.69, 9.17) is 16.0 Å². The number of sulfonamides is 1. The van der Waals surface area contributed by atoms with Gasteiger partial charge in [0.05, 0.1) is 5.88 Å². The maximum absolute atomic E-state index is 12.7. The zero-order valence-electron chi connectivity index (χ0n) is 12.7. The summed E-state index contributed by atoms with van der Waals surface area (Å²) in [5.41, 5.74) is 0. The van der Waals surface area contributed by atoms with E-state index in [0.717, 1.165) is 0 Å². The maximum atomic E-state index is 12.7. The molecule has 1 unspecified atom stereocenters. The van der Waals surface area contributed by atoms with E-state index >= 15 is 0 Å². The van der Waals surface area contributed by atoms with Crippen molar-refractivity contribution in [2.24, 2.45) is 0 Å². The molecule has 0 spiro atoms. The molecule has 0 aliphatic carbocycles. The monoisotopic (exact) mass is 322 g/mol. The molecule has 0 N–H and O–H groups in total. The molecule has 0 amide bonds. The molecule has 20 heavy (non-hydrogen) atoms. The number of alkyl halides is 1. The fourth-order valence-corrected chi connectivity index (χ4v) is 4.26. The van der Waals surface area contributed by atoms with E-state index in [1.54, 1.807) is 6.92 Å². The van der Waals surface area contributed by atoms with Gasteiger partial charge in [-0.15, -0.1) is 11.6 Å². The summed E-state index contributed by atoms with van der Waals surface area (Å²) in [6.45, 7) is 6.46. The molecule has 116 valence electrons. The van der Waals surface area contributed by atoms with E-state index in [1.165, 1.54) is 10.4 Å². The van der Waals surface area contributed by atoms with Gasteiger partial charge in [0.25, 0.3) is 0 Å². The summed E-state index contributed by atoms with van der Waals surface area (Å²) in [7, 11) is 0.283. The predicted molar refractivity (Wildman–Crippen MR) is 80.6 cm³/mol. The molecule has 0 aliphatic rings. The highest BCUT2D eigenvalue weighted by Crippen LogP contribution is 2.25. The fraction of sp³-hybridized carbons (Fsp3) is 0.692. The molecule has 0 aliphatic heterocycles. The van der Waals surface area contributed by atoms with Gasteiger partial charge >= 0.3 is 0 Å². The van der Waals surface area contributed by atoms with Crippen molar-refractivity contribution in [1.82, 2.24) is 9.21 Å². The SMILES string of the molecule is CCN(C(C)CN(C)C)S(=O)(=O)c1cc(CCl)oc1C. The number of halogens is 1. The molecule has 5 nitrogen and oxygen atoms in total. The largest absolute Gasteiger partial charge is 0.464 e. The first kappa shape index (κ1) is 17.5. The van der Waals surface area contributed by atoms with Crippen LogP contribution in [0.15, 0.2) is 15.4 Å². The number of aryl methyl sites for hydroxylation is 1. The van der Waals surface area contributed by atoms with E-state index in [-0.39, 0.29) is 16.8 Å². The molecule has 1 rings (SSSR count). The smallest absolute Gasteiger partial charge is 0.246 e. The van der Waals surface area contributed by atoms with E-state index < -0.39 is 10.0 Å². The Hall–Kier alpha value is -0.560. The number of furan rings is 1. The first-order valence-electron chi connectivity index (χ1n) is 6.55. The average molecular weight is 323 g/mol. The lowest BCUT2D eigenvalue weighted by Crippen LogP contribution is -2.43. The van der Waals surface area contributed by atoms with Crippen molar-refractivity contribution in [3.8, 4) is 0 Å². The molecule has 1 aromatic heterocycles. The molecule has 0 saturated carbocycles. The summed E-state index contributed by atoms with van der Waals surface area (Å²) >= 11 is 5.70. The van der Waals surface area contributed by atoms with Gasteiger partial charge in [-0.1, -0.05) is 6.92 Å². The number of rotatable bonds is 7. The van der Waals surface area contributed by atoms with Crippen molar-refractivity contribution in [3.05, 3.63) is 17.6 Å². The molecule has 0 radical (unpaired) electrons. The van der Waals surface area contributed by atoms with Crippen LogP contribution >= 0.6 is 11.6 Å². The summed E-state index contributed by atoms with van der Waals surface area (Å²) in [5.74, 6) is 1.02. The van der Waals surface area contributed by atoms with Crippen LogP contribution in [0.25, 0.3) is 0 Å². The molecule has 7 heteroatoms. The quantitative estimate of drug-likeness (QED) is 0.723. The van der Waals surface area contributed by atoms with Crippen molar-refractivity contribution >= 4 is 21.6 Å². The molecular weight excluding hydrogens is 300 g/mol. The third kappa shape index (κ3) is 3.75. The Morgan fingerprint density at radius 3 is 2.40 bits per heavy atom. The minimum atomic E-state index is -3.56. The van der Waals surface area contributed by atoms with E-state index in [2.05, 4.69) is 0 Å². The van der Waals surface area contributed by atoms with Gasteiger partial charge in [0.2, 0.25) is 10.0 Å². The van der Waals surface area contributed by atoms with E-state index in [0.29, 0.717) is 24.6 Å². The van der Waals surface area contributed by atoms with Crippen molar-refractivity contribution in [3.63, 3.8) is 0 Å². The van der Waals surface area contributed by atoms with Gasteiger partial charge in [-0.25, -0.2) is 8.42 Å². The summed E-state index contributed by atoms with van der Waals surface area (Å²) in [6.07, 6.45) is 0. The topological polar surface area (TPSA) is 53.8 Å². The highest BCUT2D eigenvalue weighted by molar-refractivity contribution is 7.89. The number of hydrogen-bond donors (Lipinski definition) is 0. The van der Waals surface area contributed by atoms with Gasteiger partial charge in [-0.2, -0.15) is 4.31 Å². The molecule has 0 fully saturated rings. The molecule has 1 aromatic rings. The van der Waals surface area contributed by atoms with E-state index in [1.807, 2.05) is 32.8 Å². The number of likely N-dealkylation sites (N-methyl/N-ethyl adjacent to an activating group) is 2. The number of nitrogens with zero attached hydrogens (tertiary/aromatic N) is 2. The second-order valence-corrected chi connectivity index (χ2v) is 7.21.